The van der Waals surface area contributed by atoms with Gasteiger partial charge in [0.1, 0.15) is 5.75 Å². The van der Waals surface area contributed by atoms with E-state index in [0.717, 1.165) is 0 Å². The van der Waals surface area contributed by atoms with E-state index in [9.17, 15) is 14.9 Å². The minimum absolute atomic E-state index is 0.103. The summed E-state index contributed by atoms with van der Waals surface area (Å²) in [5.41, 5.74) is 0.244. The van der Waals surface area contributed by atoms with Crippen molar-refractivity contribution < 1.29 is 19.2 Å². The van der Waals surface area contributed by atoms with E-state index in [4.69, 9.17) is 21.1 Å². The van der Waals surface area contributed by atoms with Gasteiger partial charge in [0.25, 0.3) is 5.69 Å². The van der Waals surface area contributed by atoms with Crippen LogP contribution in [0.25, 0.3) is 0 Å². The lowest BCUT2D eigenvalue weighted by atomic mass is 10.2. The van der Waals surface area contributed by atoms with E-state index in [1.165, 1.54) is 37.4 Å². The van der Waals surface area contributed by atoms with Crippen molar-refractivity contribution >= 4 is 23.6 Å². The number of methoxy groups -OCH3 is 1. The van der Waals surface area contributed by atoms with Gasteiger partial charge >= 0.3 is 0 Å². The molecule has 0 saturated heterocycles. The topological polar surface area (TPSA) is 78.7 Å². The molecular formula is C14H10ClNO5. The molecular weight excluding hydrogens is 298 g/mol. The molecule has 0 atom stereocenters. The number of aldehydes is 1. The van der Waals surface area contributed by atoms with Crippen LogP contribution in [0.1, 0.15) is 10.4 Å². The smallest absolute Gasteiger partial charge is 0.273 e. The van der Waals surface area contributed by atoms with Crippen LogP contribution in [0.5, 0.6) is 17.2 Å². The average molecular weight is 308 g/mol. The van der Waals surface area contributed by atoms with Gasteiger partial charge in [-0.2, -0.15) is 0 Å². The van der Waals surface area contributed by atoms with Crippen LogP contribution in [-0.2, 0) is 0 Å². The van der Waals surface area contributed by atoms with E-state index >= 15 is 0 Å². The molecule has 0 unspecified atom stereocenters. The number of hydrogen-bond acceptors (Lipinski definition) is 5. The van der Waals surface area contributed by atoms with Gasteiger partial charge in [-0.05, 0) is 18.2 Å². The largest absolute Gasteiger partial charge is 0.493 e. The van der Waals surface area contributed by atoms with Gasteiger partial charge in [0, 0.05) is 17.7 Å². The van der Waals surface area contributed by atoms with Crippen LogP contribution in [0, 0.1) is 10.1 Å². The number of carbonyl (C=O) groups is 1. The lowest BCUT2D eigenvalue weighted by Gasteiger charge is -2.10. The summed E-state index contributed by atoms with van der Waals surface area (Å²) in [6.45, 7) is 0. The second-order valence-electron chi connectivity index (χ2n) is 4.00. The van der Waals surface area contributed by atoms with E-state index in [1.54, 1.807) is 6.07 Å². The van der Waals surface area contributed by atoms with Crippen LogP contribution in [0.2, 0.25) is 5.02 Å². The maximum absolute atomic E-state index is 10.7. The van der Waals surface area contributed by atoms with Crippen molar-refractivity contribution in [3.05, 3.63) is 57.1 Å². The van der Waals surface area contributed by atoms with Gasteiger partial charge in [-0.3, -0.25) is 14.9 Å². The van der Waals surface area contributed by atoms with Gasteiger partial charge in [-0.1, -0.05) is 11.6 Å². The molecule has 6 nitrogen and oxygen atoms in total. The van der Waals surface area contributed by atoms with Gasteiger partial charge in [-0.25, -0.2) is 0 Å². The Morgan fingerprint density at radius 3 is 2.52 bits per heavy atom. The Morgan fingerprint density at radius 2 is 1.95 bits per heavy atom. The van der Waals surface area contributed by atoms with Crippen molar-refractivity contribution in [3.8, 4) is 17.2 Å². The molecule has 21 heavy (non-hydrogen) atoms. The zero-order valence-corrected chi connectivity index (χ0v) is 11.7. The molecule has 2 aromatic rings. The molecule has 7 heteroatoms. The Bertz CT molecular complexity index is 702. The molecule has 0 heterocycles. The van der Waals surface area contributed by atoms with E-state index in [2.05, 4.69) is 0 Å². The molecule has 0 N–H and O–H groups in total. The molecule has 0 spiro atoms. The van der Waals surface area contributed by atoms with Gasteiger partial charge in [-0.15, -0.1) is 0 Å². The summed E-state index contributed by atoms with van der Waals surface area (Å²) in [5, 5.41) is 11.0. The highest BCUT2D eigenvalue weighted by molar-refractivity contribution is 6.33. The lowest BCUT2D eigenvalue weighted by molar-refractivity contribution is -0.384. The Kier molecular flexibility index (Phi) is 4.39. The summed E-state index contributed by atoms with van der Waals surface area (Å²) in [5.74, 6) is 0.913. The number of nitro groups is 1. The normalized spacial score (nSPS) is 10.0. The Balaban J connectivity index is 2.32. The fraction of sp³-hybridized carbons (Fsp3) is 0.0714. The fourth-order valence-electron chi connectivity index (χ4n) is 1.65. The molecule has 0 aromatic heterocycles. The molecule has 0 saturated carbocycles. The number of nitrogens with zero attached hydrogens (tertiary/aromatic N) is 1. The standard InChI is InChI=1S/C14H10ClNO5/c1-20-14-6-10(16(18)19)3-5-13(14)21-11-4-2-9(8-17)12(15)7-11/h2-8H,1H3. The minimum atomic E-state index is -0.526. The number of non-ortho nitro benzene ring substituents is 1. The summed E-state index contributed by atoms with van der Waals surface area (Å²) < 4.78 is 10.6. The summed E-state index contributed by atoms with van der Waals surface area (Å²) in [7, 11) is 1.38. The van der Waals surface area contributed by atoms with E-state index in [1.807, 2.05) is 0 Å². The maximum atomic E-state index is 10.7. The van der Waals surface area contributed by atoms with E-state index < -0.39 is 4.92 Å². The first-order chi connectivity index (χ1) is 10.0. The number of nitro benzene ring substituents is 1. The van der Waals surface area contributed by atoms with Gasteiger partial charge in [0.2, 0.25) is 0 Å². The molecule has 0 amide bonds. The van der Waals surface area contributed by atoms with E-state index in [0.29, 0.717) is 23.3 Å². The molecule has 0 aliphatic carbocycles. The highest BCUT2D eigenvalue weighted by Gasteiger charge is 2.13. The SMILES string of the molecule is COc1cc([N+](=O)[O-])ccc1Oc1ccc(C=O)c(Cl)c1. The van der Waals surface area contributed by atoms with Crippen molar-refractivity contribution in [3.63, 3.8) is 0 Å². The third-order valence-electron chi connectivity index (χ3n) is 2.68. The predicted molar refractivity (Wildman–Crippen MR) is 76.6 cm³/mol. The first-order valence-electron chi connectivity index (χ1n) is 5.80. The molecule has 0 aliphatic heterocycles. The second-order valence-corrected chi connectivity index (χ2v) is 4.40. The zero-order chi connectivity index (χ0) is 15.4. The van der Waals surface area contributed by atoms with Crippen LogP contribution in [0.15, 0.2) is 36.4 Å². The van der Waals surface area contributed by atoms with Gasteiger partial charge in [0.05, 0.1) is 23.1 Å². The average Bonchev–Trinajstić information content (AvgIpc) is 2.47. The summed E-state index contributed by atoms with van der Waals surface area (Å²) in [6.07, 6.45) is 0.637. The second kappa shape index (κ2) is 6.23. The summed E-state index contributed by atoms with van der Waals surface area (Å²) in [6, 6.07) is 8.56. The van der Waals surface area contributed by atoms with Crippen molar-refractivity contribution in [2.45, 2.75) is 0 Å². The van der Waals surface area contributed by atoms with Crippen molar-refractivity contribution in [2.75, 3.05) is 7.11 Å². The minimum Gasteiger partial charge on any atom is -0.493 e. The van der Waals surface area contributed by atoms with Crippen LogP contribution >= 0.6 is 11.6 Å². The fourth-order valence-corrected chi connectivity index (χ4v) is 1.86. The van der Waals surface area contributed by atoms with Gasteiger partial charge in [0.15, 0.2) is 17.8 Å². The Hall–Kier alpha value is -2.60. The maximum Gasteiger partial charge on any atom is 0.273 e. The molecule has 0 radical (unpaired) electrons. The van der Waals surface area contributed by atoms with Crippen LogP contribution in [0.4, 0.5) is 5.69 Å². The number of carbonyl (C=O) groups excluding carboxylic acids is 1. The third-order valence-corrected chi connectivity index (χ3v) is 3.01. The molecule has 0 aliphatic rings. The number of hydrogen-bond donors (Lipinski definition) is 0. The summed E-state index contributed by atoms with van der Waals surface area (Å²) >= 11 is 5.90. The lowest BCUT2D eigenvalue weighted by Crippen LogP contribution is -1.94. The van der Waals surface area contributed by atoms with Crippen LogP contribution < -0.4 is 9.47 Å². The molecule has 0 fully saturated rings. The predicted octanol–water partition coefficient (Wildman–Crippen LogP) is 3.86. The first kappa shape index (κ1) is 14.8. The first-order valence-corrected chi connectivity index (χ1v) is 6.18. The third kappa shape index (κ3) is 3.29. The van der Waals surface area contributed by atoms with Crippen molar-refractivity contribution in [1.82, 2.24) is 0 Å². The molecule has 0 bridgehead atoms. The van der Waals surface area contributed by atoms with E-state index in [-0.39, 0.29) is 16.5 Å². The van der Waals surface area contributed by atoms with Crippen LogP contribution in [-0.4, -0.2) is 18.3 Å². The number of benzene rings is 2. The number of rotatable bonds is 5. The number of ether oxygens (including phenoxy) is 2. The highest BCUT2D eigenvalue weighted by Crippen LogP contribution is 2.35. The quantitative estimate of drug-likeness (QED) is 0.476. The Morgan fingerprint density at radius 1 is 1.19 bits per heavy atom. The zero-order valence-electron chi connectivity index (χ0n) is 10.9. The van der Waals surface area contributed by atoms with Crippen molar-refractivity contribution in [1.29, 1.82) is 0 Å². The van der Waals surface area contributed by atoms with Gasteiger partial charge < -0.3 is 9.47 Å². The van der Waals surface area contributed by atoms with Crippen LogP contribution in [0.3, 0.4) is 0 Å². The summed E-state index contributed by atoms with van der Waals surface area (Å²) in [4.78, 5) is 20.9. The Labute approximate surface area is 125 Å². The molecule has 108 valence electrons. The monoisotopic (exact) mass is 307 g/mol. The molecule has 2 aromatic carbocycles. The highest BCUT2D eigenvalue weighted by atomic mass is 35.5. The molecule has 2 rings (SSSR count). The van der Waals surface area contributed by atoms with Crippen molar-refractivity contribution in [2.24, 2.45) is 0 Å². The number of halogens is 1.